The van der Waals surface area contributed by atoms with Crippen LogP contribution in [0.4, 0.5) is 4.79 Å². The first kappa shape index (κ1) is 7.84. The van der Waals surface area contributed by atoms with Gasteiger partial charge in [0.1, 0.15) is 6.04 Å². The Labute approximate surface area is 63.8 Å². The van der Waals surface area contributed by atoms with E-state index in [0.717, 1.165) is 0 Å². The molecule has 0 spiro atoms. The predicted octanol–water partition coefficient (Wildman–Crippen LogP) is -0.467. The summed E-state index contributed by atoms with van der Waals surface area (Å²) in [5.41, 5.74) is 0. The average Bonchev–Trinajstić information content (AvgIpc) is 2.13. The van der Waals surface area contributed by atoms with Crippen molar-refractivity contribution >= 4 is 12.0 Å². The van der Waals surface area contributed by atoms with Crippen LogP contribution in [0, 0.1) is 0 Å². The summed E-state index contributed by atoms with van der Waals surface area (Å²) in [5.74, 6) is -0.970. The van der Waals surface area contributed by atoms with Gasteiger partial charge in [-0.1, -0.05) is 0 Å². The van der Waals surface area contributed by atoms with Crippen LogP contribution in [0.1, 0.15) is 12.8 Å². The fourth-order valence-corrected chi connectivity index (χ4v) is 0.975. The molecule has 0 aliphatic carbocycles. The summed E-state index contributed by atoms with van der Waals surface area (Å²) in [7, 11) is 0. The molecule has 1 aliphatic heterocycles. The van der Waals surface area contributed by atoms with Crippen LogP contribution in [0.15, 0.2) is 0 Å². The maximum Gasteiger partial charge on any atom is 0.326 e. The molecular weight excluding hydrogens is 148 g/mol. The topological polar surface area (TPSA) is 78.4 Å². The van der Waals surface area contributed by atoms with Gasteiger partial charge in [0.05, 0.1) is 0 Å². The summed E-state index contributed by atoms with van der Waals surface area (Å²) in [6.45, 7) is 0.551. The number of carbonyl (C=O) groups excluding carboxylic acids is 1. The smallest absolute Gasteiger partial charge is 0.326 e. The molecule has 1 heterocycles. The molecule has 1 rings (SSSR count). The number of carbonyl (C=O) groups is 2. The second-order valence-corrected chi connectivity index (χ2v) is 2.43. The van der Waals surface area contributed by atoms with Gasteiger partial charge in [0.15, 0.2) is 0 Å². The summed E-state index contributed by atoms with van der Waals surface area (Å²) >= 11 is 0. The minimum atomic E-state index is -0.970. The van der Waals surface area contributed by atoms with E-state index in [0.29, 0.717) is 19.4 Å². The van der Waals surface area contributed by atoms with E-state index in [1.54, 1.807) is 0 Å². The molecule has 1 aliphatic rings. The molecule has 1 saturated heterocycles. The van der Waals surface area contributed by atoms with Crippen molar-refractivity contribution in [2.75, 3.05) is 6.54 Å². The number of hydrogen-bond acceptors (Lipinski definition) is 2. The zero-order valence-electron chi connectivity index (χ0n) is 5.96. The van der Waals surface area contributed by atoms with E-state index in [1.807, 2.05) is 0 Å². The van der Waals surface area contributed by atoms with Crippen molar-refractivity contribution in [2.45, 2.75) is 18.9 Å². The van der Waals surface area contributed by atoms with Gasteiger partial charge in [-0.05, 0) is 12.8 Å². The van der Waals surface area contributed by atoms with Crippen molar-refractivity contribution in [1.29, 1.82) is 0 Å². The Morgan fingerprint density at radius 3 is 3.00 bits per heavy atom. The standard InChI is InChI=1S/C6H10N2O3/c9-5(10)4-2-1-3-7-6(11)8-4/h4H,1-3H2,(H,9,10)(H2,7,8,11)/t4-/m0/s1. The normalized spacial score (nSPS) is 24.7. The van der Waals surface area contributed by atoms with Crippen LogP contribution in [-0.4, -0.2) is 29.7 Å². The minimum absolute atomic E-state index is 0.394. The lowest BCUT2D eigenvalue weighted by Crippen LogP contribution is -2.42. The number of carboxylic acid groups (broad SMARTS) is 1. The molecule has 1 atom stereocenters. The number of hydrogen-bond donors (Lipinski definition) is 3. The second kappa shape index (κ2) is 3.23. The monoisotopic (exact) mass is 158 g/mol. The zero-order valence-corrected chi connectivity index (χ0v) is 5.96. The SMILES string of the molecule is O=C1NCCC[C@@H](C(=O)O)N1. The van der Waals surface area contributed by atoms with Gasteiger partial charge < -0.3 is 15.7 Å². The number of carboxylic acids is 1. The number of amides is 2. The third kappa shape index (κ3) is 2.10. The molecule has 0 aromatic heterocycles. The first-order chi connectivity index (χ1) is 5.20. The van der Waals surface area contributed by atoms with Crippen LogP contribution >= 0.6 is 0 Å². The van der Waals surface area contributed by atoms with E-state index < -0.39 is 18.0 Å². The molecule has 0 radical (unpaired) electrons. The van der Waals surface area contributed by atoms with E-state index in [4.69, 9.17) is 5.11 Å². The third-order valence-electron chi connectivity index (χ3n) is 1.56. The molecule has 62 valence electrons. The van der Waals surface area contributed by atoms with Crippen LogP contribution in [0.25, 0.3) is 0 Å². The van der Waals surface area contributed by atoms with Crippen molar-refractivity contribution in [1.82, 2.24) is 10.6 Å². The highest BCUT2D eigenvalue weighted by Crippen LogP contribution is 1.99. The number of urea groups is 1. The van der Waals surface area contributed by atoms with Crippen molar-refractivity contribution in [3.63, 3.8) is 0 Å². The number of nitrogens with one attached hydrogen (secondary N) is 2. The van der Waals surface area contributed by atoms with E-state index in [-0.39, 0.29) is 0 Å². The molecule has 2 amide bonds. The Morgan fingerprint density at radius 2 is 2.36 bits per heavy atom. The predicted molar refractivity (Wildman–Crippen MR) is 37.2 cm³/mol. The molecule has 0 aromatic carbocycles. The lowest BCUT2D eigenvalue weighted by Gasteiger charge is -2.08. The fourth-order valence-electron chi connectivity index (χ4n) is 0.975. The van der Waals surface area contributed by atoms with Crippen LogP contribution in [0.2, 0.25) is 0 Å². The molecule has 5 heteroatoms. The van der Waals surface area contributed by atoms with Crippen LogP contribution < -0.4 is 10.6 Å². The van der Waals surface area contributed by atoms with Gasteiger partial charge in [-0.3, -0.25) is 0 Å². The van der Waals surface area contributed by atoms with Crippen LogP contribution in [-0.2, 0) is 4.79 Å². The van der Waals surface area contributed by atoms with E-state index in [2.05, 4.69) is 10.6 Å². The second-order valence-electron chi connectivity index (χ2n) is 2.43. The van der Waals surface area contributed by atoms with Crippen molar-refractivity contribution in [3.05, 3.63) is 0 Å². The molecule has 5 nitrogen and oxygen atoms in total. The van der Waals surface area contributed by atoms with Gasteiger partial charge in [0.25, 0.3) is 0 Å². The largest absolute Gasteiger partial charge is 0.480 e. The molecule has 1 fully saturated rings. The van der Waals surface area contributed by atoms with Gasteiger partial charge in [0, 0.05) is 6.54 Å². The summed E-state index contributed by atoms with van der Waals surface area (Å²) in [6, 6.07) is -1.12. The van der Waals surface area contributed by atoms with Crippen molar-refractivity contribution in [2.24, 2.45) is 0 Å². The number of rotatable bonds is 1. The molecule has 3 N–H and O–H groups in total. The lowest BCUT2D eigenvalue weighted by atomic mass is 10.2. The van der Waals surface area contributed by atoms with Gasteiger partial charge >= 0.3 is 12.0 Å². The van der Waals surface area contributed by atoms with E-state index >= 15 is 0 Å². The summed E-state index contributed by atoms with van der Waals surface area (Å²) in [5, 5.41) is 13.4. The molecular formula is C6H10N2O3. The fraction of sp³-hybridized carbons (Fsp3) is 0.667. The molecule has 0 bridgehead atoms. The van der Waals surface area contributed by atoms with E-state index in [1.165, 1.54) is 0 Å². The Morgan fingerprint density at radius 1 is 1.64 bits per heavy atom. The molecule has 11 heavy (non-hydrogen) atoms. The summed E-state index contributed by atoms with van der Waals surface area (Å²) in [4.78, 5) is 21.1. The lowest BCUT2D eigenvalue weighted by molar-refractivity contribution is -0.139. The maximum atomic E-state index is 10.7. The van der Waals surface area contributed by atoms with Crippen molar-refractivity contribution < 1.29 is 14.7 Å². The van der Waals surface area contributed by atoms with Gasteiger partial charge in [-0.2, -0.15) is 0 Å². The van der Waals surface area contributed by atoms with Gasteiger partial charge in [-0.15, -0.1) is 0 Å². The van der Waals surface area contributed by atoms with E-state index in [9.17, 15) is 9.59 Å². The van der Waals surface area contributed by atoms with Gasteiger partial charge in [-0.25, -0.2) is 9.59 Å². The maximum absolute atomic E-state index is 10.7. The number of aliphatic carboxylic acids is 1. The summed E-state index contributed by atoms with van der Waals surface area (Å²) < 4.78 is 0. The minimum Gasteiger partial charge on any atom is -0.480 e. The molecule has 0 saturated carbocycles. The Balaban J connectivity index is 2.52. The first-order valence-corrected chi connectivity index (χ1v) is 3.47. The van der Waals surface area contributed by atoms with Crippen LogP contribution in [0.5, 0.6) is 0 Å². The molecule has 0 aromatic rings. The van der Waals surface area contributed by atoms with Crippen molar-refractivity contribution in [3.8, 4) is 0 Å². The van der Waals surface area contributed by atoms with Crippen LogP contribution in [0.3, 0.4) is 0 Å². The first-order valence-electron chi connectivity index (χ1n) is 3.47. The third-order valence-corrected chi connectivity index (χ3v) is 1.56. The highest BCUT2D eigenvalue weighted by Gasteiger charge is 2.21. The Kier molecular flexibility index (Phi) is 2.30. The zero-order chi connectivity index (χ0) is 8.27. The quantitative estimate of drug-likeness (QED) is 0.483. The molecule has 0 unspecified atom stereocenters. The Bertz CT molecular complexity index is 181. The van der Waals surface area contributed by atoms with Gasteiger partial charge in [0.2, 0.25) is 0 Å². The average molecular weight is 158 g/mol. The summed E-state index contributed by atoms with van der Waals surface area (Å²) in [6.07, 6.45) is 1.20. The Hall–Kier alpha value is -1.26. The highest BCUT2D eigenvalue weighted by atomic mass is 16.4. The highest BCUT2D eigenvalue weighted by molar-refractivity contribution is 5.82.